The second kappa shape index (κ2) is 11.4. The van der Waals surface area contributed by atoms with E-state index in [-0.39, 0.29) is 35.8 Å². The van der Waals surface area contributed by atoms with Crippen LogP contribution in [0.1, 0.15) is 25.3 Å². The van der Waals surface area contributed by atoms with Crippen LogP contribution in [0, 0.1) is 5.92 Å². The van der Waals surface area contributed by atoms with Gasteiger partial charge in [-0.05, 0) is 50.1 Å². The number of esters is 1. The molecule has 1 amide bonds. The number of rotatable bonds is 7. The Morgan fingerprint density at radius 1 is 1.18 bits per heavy atom. The first kappa shape index (κ1) is 27.3. The summed E-state index contributed by atoms with van der Waals surface area (Å²) in [5, 5.41) is 7.37. The topological polar surface area (TPSA) is 111 Å². The molecule has 0 spiro atoms. The third-order valence-electron chi connectivity index (χ3n) is 6.51. The molecule has 12 heteroatoms. The maximum Gasteiger partial charge on any atom is 0.309 e. The minimum atomic E-state index is -3.80. The van der Waals surface area contributed by atoms with E-state index >= 15 is 0 Å². The number of piperidine rings is 1. The molecule has 2 saturated heterocycles. The van der Waals surface area contributed by atoms with Gasteiger partial charge in [-0.15, -0.1) is 0 Å². The quantitative estimate of drug-likeness (QED) is 0.253. The van der Waals surface area contributed by atoms with Gasteiger partial charge in [-0.3, -0.25) is 9.59 Å². The van der Waals surface area contributed by atoms with E-state index in [0.29, 0.717) is 45.5 Å². The van der Waals surface area contributed by atoms with Crippen molar-refractivity contribution in [3.63, 3.8) is 0 Å². The predicted octanol–water partition coefficient (Wildman–Crippen LogP) is 3.99. The lowest BCUT2D eigenvalue weighted by Gasteiger charge is -2.30. The second-order valence-electron chi connectivity index (χ2n) is 9.02. The molecule has 0 unspecified atom stereocenters. The maximum atomic E-state index is 13.5. The molecule has 0 atom stereocenters. The van der Waals surface area contributed by atoms with Crippen LogP contribution in [0.3, 0.4) is 0 Å². The molecule has 2 fully saturated rings. The summed E-state index contributed by atoms with van der Waals surface area (Å²) in [6.45, 7) is 2.54. The Morgan fingerprint density at radius 3 is 2.59 bits per heavy atom. The van der Waals surface area contributed by atoms with Gasteiger partial charge in [-0.1, -0.05) is 54.3 Å². The van der Waals surface area contributed by atoms with Crippen molar-refractivity contribution in [3.05, 3.63) is 71.3 Å². The van der Waals surface area contributed by atoms with Gasteiger partial charge in [0.05, 0.1) is 28.0 Å². The van der Waals surface area contributed by atoms with Gasteiger partial charge in [0.15, 0.2) is 0 Å². The van der Waals surface area contributed by atoms with Gasteiger partial charge in [0, 0.05) is 30.4 Å². The van der Waals surface area contributed by atoms with E-state index in [1.807, 2.05) is 30.3 Å². The molecule has 202 valence electrons. The summed E-state index contributed by atoms with van der Waals surface area (Å²) in [4.78, 5) is 25.0. The summed E-state index contributed by atoms with van der Waals surface area (Å²) in [6, 6.07) is 16.1. The molecule has 0 saturated carbocycles. The average Bonchev–Trinajstić information content (AvgIpc) is 3.51. The van der Waals surface area contributed by atoms with Crippen molar-refractivity contribution in [2.24, 2.45) is 5.92 Å². The highest BCUT2D eigenvalue weighted by molar-refractivity contribution is 8.26. The van der Waals surface area contributed by atoms with Crippen LogP contribution in [0.5, 0.6) is 0 Å². The number of hydrogen-bond acceptors (Lipinski definition) is 8. The van der Waals surface area contributed by atoms with Crippen LogP contribution in [0.4, 0.5) is 0 Å². The van der Waals surface area contributed by atoms with Crippen molar-refractivity contribution < 1.29 is 22.7 Å². The Bertz CT molecular complexity index is 1560. The first-order valence-electron chi connectivity index (χ1n) is 12.4. The second-order valence-corrected chi connectivity index (χ2v) is 12.7. The largest absolute Gasteiger partial charge is 0.466 e. The summed E-state index contributed by atoms with van der Waals surface area (Å²) < 4.78 is 35.7. The van der Waals surface area contributed by atoms with Crippen molar-refractivity contribution in [1.29, 1.82) is 0 Å². The zero-order valence-electron chi connectivity index (χ0n) is 21.1. The fourth-order valence-corrected chi connectivity index (χ4v) is 7.09. The highest BCUT2D eigenvalue weighted by atomic mass is 32.2. The fourth-order valence-electron chi connectivity index (χ4n) is 4.54. The smallest absolute Gasteiger partial charge is 0.309 e. The van der Waals surface area contributed by atoms with Gasteiger partial charge in [0.25, 0.3) is 5.91 Å². The third-order valence-corrected chi connectivity index (χ3v) is 9.57. The zero-order valence-corrected chi connectivity index (χ0v) is 23.5. The van der Waals surface area contributed by atoms with E-state index < -0.39 is 10.0 Å². The number of sulfonamides is 1. The molecule has 2 aromatic carbocycles. The monoisotopic (exact) mass is 582 g/mol. The van der Waals surface area contributed by atoms with E-state index in [0.717, 1.165) is 5.69 Å². The number of carbonyl (C=O) groups is 2. The van der Waals surface area contributed by atoms with Gasteiger partial charge in [-0.25, -0.2) is 13.1 Å². The number of thioether (sulfide) groups is 1. The number of hydrogen-bond donors (Lipinski definition) is 1. The van der Waals surface area contributed by atoms with Crippen molar-refractivity contribution >= 4 is 56.3 Å². The molecule has 9 nitrogen and oxygen atoms in total. The lowest BCUT2D eigenvalue weighted by molar-refractivity contribution is -0.149. The van der Waals surface area contributed by atoms with E-state index in [9.17, 15) is 18.0 Å². The van der Waals surface area contributed by atoms with Crippen LogP contribution in [0.15, 0.2) is 70.6 Å². The molecule has 3 heterocycles. The van der Waals surface area contributed by atoms with Crippen molar-refractivity contribution in [2.75, 3.05) is 19.7 Å². The number of nitrogens with zero attached hydrogens (tertiary/aromatic N) is 3. The van der Waals surface area contributed by atoms with Crippen LogP contribution < -0.4 is 5.32 Å². The number of aromatic nitrogens is 2. The van der Waals surface area contributed by atoms with Gasteiger partial charge >= 0.3 is 5.97 Å². The van der Waals surface area contributed by atoms with Crippen molar-refractivity contribution in [3.8, 4) is 16.9 Å². The number of ether oxygens (including phenoxy) is 1. The van der Waals surface area contributed by atoms with Crippen LogP contribution in [0.25, 0.3) is 23.0 Å². The lowest BCUT2D eigenvalue weighted by atomic mass is 9.98. The fraction of sp³-hybridized carbons (Fsp3) is 0.259. The van der Waals surface area contributed by atoms with Gasteiger partial charge in [0.2, 0.25) is 10.0 Å². The van der Waals surface area contributed by atoms with E-state index in [1.165, 1.54) is 16.1 Å². The normalized spacial score (nSPS) is 17.9. The summed E-state index contributed by atoms with van der Waals surface area (Å²) in [7, 11) is -3.80. The van der Waals surface area contributed by atoms with Crippen molar-refractivity contribution in [1.82, 2.24) is 19.4 Å². The average molecular weight is 583 g/mol. The highest BCUT2D eigenvalue weighted by Gasteiger charge is 2.33. The molecule has 5 rings (SSSR count). The number of benzene rings is 2. The first-order valence-corrected chi connectivity index (χ1v) is 15.1. The van der Waals surface area contributed by atoms with Gasteiger partial charge in [-0.2, -0.15) is 9.40 Å². The summed E-state index contributed by atoms with van der Waals surface area (Å²) in [5.74, 6) is -0.855. The number of thiocarbonyl (C=S) groups is 1. The molecule has 39 heavy (non-hydrogen) atoms. The lowest BCUT2D eigenvalue weighted by Crippen LogP contribution is -2.40. The molecule has 0 aliphatic carbocycles. The molecule has 0 bridgehead atoms. The number of nitrogens with one attached hydrogen (secondary N) is 1. The van der Waals surface area contributed by atoms with Crippen molar-refractivity contribution in [2.45, 2.75) is 24.7 Å². The Hall–Kier alpha value is -3.32. The van der Waals surface area contributed by atoms with E-state index in [4.69, 9.17) is 22.1 Å². The summed E-state index contributed by atoms with van der Waals surface area (Å²) in [6.07, 6.45) is 4.34. The zero-order chi connectivity index (χ0) is 27.6. The van der Waals surface area contributed by atoms with E-state index in [1.54, 1.807) is 48.1 Å². The molecular formula is C27H26N4O5S3. The molecule has 1 aromatic heterocycles. The minimum absolute atomic E-state index is 0.136. The maximum absolute atomic E-state index is 13.5. The van der Waals surface area contributed by atoms with Crippen LogP contribution in [-0.4, -0.2) is 58.4 Å². The highest BCUT2D eigenvalue weighted by Crippen LogP contribution is 2.33. The number of amides is 1. The Kier molecular flexibility index (Phi) is 7.98. The summed E-state index contributed by atoms with van der Waals surface area (Å²) in [5.41, 5.74) is 2.57. The van der Waals surface area contributed by atoms with Crippen LogP contribution in [0.2, 0.25) is 0 Å². The van der Waals surface area contributed by atoms with E-state index in [2.05, 4.69) is 5.32 Å². The minimum Gasteiger partial charge on any atom is -0.466 e. The Balaban J connectivity index is 1.48. The Labute approximate surface area is 236 Å². The molecule has 2 aliphatic heterocycles. The molecular weight excluding hydrogens is 557 g/mol. The predicted molar refractivity (Wildman–Crippen MR) is 153 cm³/mol. The van der Waals surface area contributed by atoms with Crippen LogP contribution >= 0.6 is 24.0 Å². The molecule has 0 radical (unpaired) electrons. The Morgan fingerprint density at radius 2 is 1.92 bits per heavy atom. The number of carbonyl (C=O) groups excluding carboxylic acids is 2. The molecule has 2 aliphatic rings. The third kappa shape index (κ3) is 5.83. The number of para-hydroxylation sites is 1. The summed E-state index contributed by atoms with van der Waals surface area (Å²) >= 11 is 6.29. The first-order chi connectivity index (χ1) is 18.8. The molecule has 3 aromatic rings. The SMILES string of the molecule is CCOC(=O)C1CCN(S(=O)(=O)c2cccc(-c3nn(-c4ccccc4)cc3C=C3SC(=S)NC3=O)c2)CC1. The van der Waals surface area contributed by atoms with Gasteiger partial charge < -0.3 is 10.1 Å². The standard InChI is InChI=1S/C27H26N4O5S3/c1-2-36-26(33)18-11-13-30(14-12-18)39(34,35)22-10-6-7-19(15-22)24-20(16-23-25(32)28-27(37)38-23)17-31(29-24)21-8-4-3-5-9-21/h3-10,15-18H,2,11-14H2,1H3,(H,28,32,37). The van der Waals surface area contributed by atoms with Crippen LogP contribution in [-0.2, 0) is 24.3 Å². The molecule has 1 N–H and O–H groups in total. The van der Waals surface area contributed by atoms with Gasteiger partial charge in [0.1, 0.15) is 10.0 Å².